The van der Waals surface area contributed by atoms with Crippen LogP contribution in [-0.2, 0) is 4.79 Å². The van der Waals surface area contributed by atoms with Crippen molar-refractivity contribution in [3.05, 3.63) is 0 Å². The minimum atomic E-state index is -0.854. The molecule has 0 aliphatic carbocycles. The second-order valence-corrected chi connectivity index (χ2v) is 2.96. The SMILES string of the molecule is CCC1(CC)NC(=O)N(C#N)C1=O. The maximum absolute atomic E-state index is 11.6. The average molecular weight is 181 g/mol. The van der Waals surface area contributed by atoms with Crippen LogP contribution in [0.25, 0.3) is 0 Å². The highest BCUT2D eigenvalue weighted by atomic mass is 16.2. The fourth-order valence-electron chi connectivity index (χ4n) is 1.44. The van der Waals surface area contributed by atoms with E-state index >= 15 is 0 Å². The molecule has 5 nitrogen and oxygen atoms in total. The van der Waals surface area contributed by atoms with Gasteiger partial charge in [-0.3, -0.25) is 4.79 Å². The number of hydrogen-bond acceptors (Lipinski definition) is 3. The molecule has 1 heterocycles. The Bertz CT molecular complexity index is 288. The highest BCUT2D eigenvalue weighted by Gasteiger charge is 2.49. The molecule has 1 aliphatic heterocycles. The molecule has 0 atom stereocenters. The molecular formula is C8H11N3O2. The van der Waals surface area contributed by atoms with Crippen molar-refractivity contribution in [1.82, 2.24) is 10.2 Å². The number of imide groups is 1. The lowest BCUT2D eigenvalue weighted by Gasteiger charge is -2.21. The Labute approximate surface area is 76.3 Å². The second kappa shape index (κ2) is 3.05. The van der Waals surface area contributed by atoms with E-state index in [1.54, 1.807) is 6.19 Å². The van der Waals surface area contributed by atoms with Crippen LogP contribution in [0.3, 0.4) is 0 Å². The van der Waals surface area contributed by atoms with Gasteiger partial charge >= 0.3 is 6.03 Å². The molecule has 70 valence electrons. The third-order valence-electron chi connectivity index (χ3n) is 2.47. The Morgan fingerprint density at radius 3 is 2.23 bits per heavy atom. The first kappa shape index (κ1) is 9.52. The first-order valence-electron chi connectivity index (χ1n) is 4.17. The minimum absolute atomic E-state index is 0.440. The van der Waals surface area contributed by atoms with Crippen LogP contribution in [0, 0.1) is 11.5 Å². The number of urea groups is 1. The number of nitrogens with one attached hydrogen (secondary N) is 1. The first-order chi connectivity index (χ1) is 6.11. The topological polar surface area (TPSA) is 73.2 Å². The summed E-state index contributed by atoms with van der Waals surface area (Å²) < 4.78 is 0. The zero-order valence-electron chi connectivity index (χ0n) is 7.63. The van der Waals surface area contributed by atoms with Gasteiger partial charge in [0.15, 0.2) is 6.19 Å². The van der Waals surface area contributed by atoms with E-state index < -0.39 is 17.5 Å². The van der Waals surface area contributed by atoms with Gasteiger partial charge in [0.2, 0.25) is 0 Å². The molecule has 0 aromatic carbocycles. The summed E-state index contributed by atoms with van der Waals surface area (Å²) in [6, 6.07) is -0.615. The third kappa shape index (κ3) is 1.15. The molecule has 0 aromatic heterocycles. The largest absolute Gasteiger partial charge is 0.338 e. The second-order valence-electron chi connectivity index (χ2n) is 2.96. The Morgan fingerprint density at radius 1 is 1.46 bits per heavy atom. The predicted octanol–water partition coefficient (Wildman–Crippen LogP) is 0.578. The number of rotatable bonds is 2. The summed E-state index contributed by atoms with van der Waals surface area (Å²) in [5, 5.41) is 11.1. The smallest absolute Gasteiger partial charge is 0.322 e. The number of carbonyl (C=O) groups is 2. The van der Waals surface area contributed by atoms with Gasteiger partial charge in [0, 0.05) is 0 Å². The van der Waals surface area contributed by atoms with Crippen LogP contribution >= 0.6 is 0 Å². The molecule has 1 aliphatic rings. The van der Waals surface area contributed by atoms with Crippen molar-refractivity contribution in [2.24, 2.45) is 0 Å². The van der Waals surface area contributed by atoms with E-state index in [0.717, 1.165) is 0 Å². The lowest BCUT2D eigenvalue weighted by atomic mass is 9.93. The molecule has 3 amide bonds. The zero-order chi connectivity index (χ0) is 10.1. The Morgan fingerprint density at radius 2 is 2.00 bits per heavy atom. The Hall–Kier alpha value is -1.57. The quantitative estimate of drug-likeness (QED) is 0.500. The number of nitriles is 1. The molecule has 0 aromatic rings. The predicted molar refractivity (Wildman–Crippen MR) is 44.3 cm³/mol. The third-order valence-corrected chi connectivity index (χ3v) is 2.47. The molecule has 1 rings (SSSR count). The first-order valence-corrected chi connectivity index (χ1v) is 4.17. The van der Waals surface area contributed by atoms with Gasteiger partial charge in [-0.05, 0) is 12.8 Å². The average Bonchev–Trinajstić information content (AvgIpc) is 2.38. The fourth-order valence-corrected chi connectivity index (χ4v) is 1.44. The van der Waals surface area contributed by atoms with Gasteiger partial charge in [0.05, 0.1) is 0 Å². The van der Waals surface area contributed by atoms with Crippen molar-refractivity contribution >= 4 is 11.9 Å². The zero-order valence-corrected chi connectivity index (χ0v) is 7.63. The number of hydrogen-bond donors (Lipinski definition) is 1. The van der Waals surface area contributed by atoms with Crippen molar-refractivity contribution in [3.8, 4) is 6.19 Å². The van der Waals surface area contributed by atoms with E-state index in [9.17, 15) is 9.59 Å². The molecule has 0 saturated carbocycles. The van der Waals surface area contributed by atoms with Gasteiger partial charge in [-0.2, -0.15) is 10.2 Å². The van der Waals surface area contributed by atoms with Gasteiger partial charge in [-0.1, -0.05) is 13.8 Å². The summed E-state index contributed by atoms with van der Waals surface area (Å²) in [5.74, 6) is -0.440. The van der Waals surface area contributed by atoms with Crippen LogP contribution in [0.4, 0.5) is 4.79 Å². The van der Waals surface area contributed by atoms with Crippen LogP contribution in [0.5, 0.6) is 0 Å². The van der Waals surface area contributed by atoms with Crippen LogP contribution in [0.1, 0.15) is 26.7 Å². The van der Waals surface area contributed by atoms with Gasteiger partial charge < -0.3 is 5.32 Å². The molecule has 1 fully saturated rings. The van der Waals surface area contributed by atoms with E-state index in [1.807, 2.05) is 13.8 Å². The standard InChI is InChI=1S/C8H11N3O2/c1-3-8(4-2)6(12)11(5-9)7(13)10-8/h3-4H2,1-2H3,(H,10,13). The molecule has 0 bridgehead atoms. The van der Waals surface area contributed by atoms with E-state index in [-0.39, 0.29) is 0 Å². The fraction of sp³-hybridized carbons (Fsp3) is 0.625. The van der Waals surface area contributed by atoms with Crippen LogP contribution in [0.15, 0.2) is 0 Å². The minimum Gasteiger partial charge on any atom is -0.322 e. The van der Waals surface area contributed by atoms with Crippen molar-refractivity contribution in [2.75, 3.05) is 0 Å². The normalized spacial score (nSPS) is 19.9. The molecule has 0 unspecified atom stereocenters. The summed E-state index contributed by atoms with van der Waals surface area (Å²) in [7, 11) is 0. The maximum Gasteiger partial charge on any atom is 0.338 e. The molecule has 13 heavy (non-hydrogen) atoms. The summed E-state index contributed by atoms with van der Waals surface area (Å²) >= 11 is 0. The van der Waals surface area contributed by atoms with Gasteiger partial charge in [-0.25, -0.2) is 4.79 Å². The Balaban J connectivity index is 3.03. The van der Waals surface area contributed by atoms with E-state index in [4.69, 9.17) is 5.26 Å². The highest BCUT2D eigenvalue weighted by Crippen LogP contribution is 2.23. The summed E-state index contributed by atoms with van der Waals surface area (Å²) in [5.41, 5.74) is -0.854. The number of carbonyl (C=O) groups excluding carboxylic acids is 2. The maximum atomic E-state index is 11.6. The van der Waals surface area contributed by atoms with Gasteiger partial charge in [0.1, 0.15) is 5.54 Å². The van der Waals surface area contributed by atoms with Crippen molar-refractivity contribution in [3.63, 3.8) is 0 Å². The van der Waals surface area contributed by atoms with Gasteiger partial charge in [-0.15, -0.1) is 0 Å². The molecule has 5 heteroatoms. The summed E-state index contributed by atoms with van der Waals surface area (Å²) in [6.45, 7) is 3.62. The lowest BCUT2D eigenvalue weighted by Crippen LogP contribution is -2.45. The molecule has 1 N–H and O–H groups in total. The molecule has 1 saturated heterocycles. The molecular weight excluding hydrogens is 170 g/mol. The Kier molecular flexibility index (Phi) is 2.24. The number of nitrogens with zero attached hydrogens (tertiary/aromatic N) is 2. The van der Waals surface area contributed by atoms with Crippen LogP contribution < -0.4 is 5.32 Å². The van der Waals surface area contributed by atoms with Crippen molar-refractivity contribution in [2.45, 2.75) is 32.2 Å². The summed E-state index contributed by atoms with van der Waals surface area (Å²) in [6.07, 6.45) is 2.57. The van der Waals surface area contributed by atoms with E-state index in [1.165, 1.54) is 0 Å². The molecule has 0 radical (unpaired) electrons. The molecule has 0 spiro atoms. The highest BCUT2D eigenvalue weighted by molar-refractivity contribution is 6.08. The van der Waals surface area contributed by atoms with Gasteiger partial charge in [0.25, 0.3) is 5.91 Å². The van der Waals surface area contributed by atoms with E-state index in [0.29, 0.717) is 17.7 Å². The number of amides is 3. The van der Waals surface area contributed by atoms with Crippen molar-refractivity contribution in [1.29, 1.82) is 5.26 Å². The lowest BCUT2D eigenvalue weighted by molar-refractivity contribution is -0.129. The van der Waals surface area contributed by atoms with Crippen molar-refractivity contribution < 1.29 is 9.59 Å². The summed E-state index contributed by atoms with van der Waals surface area (Å²) in [4.78, 5) is 23.2. The van der Waals surface area contributed by atoms with Crippen LogP contribution in [-0.4, -0.2) is 22.4 Å². The van der Waals surface area contributed by atoms with E-state index in [2.05, 4.69) is 5.32 Å². The van der Waals surface area contributed by atoms with Crippen LogP contribution in [0.2, 0.25) is 0 Å². The monoisotopic (exact) mass is 181 g/mol.